The second kappa shape index (κ2) is 13.7. The average molecular weight is 458 g/mol. The van der Waals surface area contributed by atoms with Crippen molar-refractivity contribution in [1.82, 2.24) is 16.0 Å². The summed E-state index contributed by atoms with van der Waals surface area (Å²) in [5.41, 5.74) is 10.9. The van der Waals surface area contributed by atoms with Crippen molar-refractivity contribution in [2.24, 2.45) is 29.2 Å². The van der Waals surface area contributed by atoms with Gasteiger partial charge < -0.3 is 32.5 Å². The zero-order valence-corrected chi connectivity index (χ0v) is 19.8. The number of amides is 4. The van der Waals surface area contributed by atoms with E-state index in [0.29, 0.717) is 0 Å². The zero-order chi connectivity index (χ0) is 25.2. The van der Waals surface area contributed by atoms with Gasteiger partial charge in [0.25, 0.3) is 0 Å². The van der Waals surface area contributed by atoms with Gasteiger partial charge in [0.15, 0.2) is 0 Å². The van der Waals surface area contributed by atoms with E-state index in [1.54, 1.807) is 27.7 Å². The van der Waals surface area contributed by atoms with E-state index in [9.17, 15) is 29.1 Å². The minimum absolute atomic E-state index is 0.0385. The summed E-state index contributed by atoms with van der Waals surface area (Å²) in [5, 5.41) is 17.0. The Kier molecular flexibility index (Phi) is 12.5. The molecular formula is C21H39N5O6. The van der Waals surface area contributed by atoms with Gasteiger partial charge in [0, 0.05) is 6.42 Å². The fourth-order valence-corrected chi connectivity index (χ4v) is 2.96. The molecule has 4 atom stereocenters. The minimum Gasteiger partial charge on any atom is -0.480 e. The molecule has 11 heteroatoms. The number of carbonyl (C=O) groups is 5. The predicted octanol–water partition coefficient (Wildman–Crippen LogP) is -0.524. The van der Waals surface area contributed by atoms with Gasteiger partial charge in [-0.2, -0.15) is 0 Å². The van der Waals surface area contributed by atoms with Gasteiger partial charge in [-0.3, -0.25) is 19.2 Å². The highest BCUT2D eigenvalue weighted by atomic mass is 16.4. The summed E-state index contributed by atoms with van der Waals surface area (Å²) < 4.78 is 0. The normalized spacial score (nSPS) is 15.1. The molecule has 11 nitrogen and oxygen atoms in total. The number of carboxylic acids is 1. The maximum Gasteiger partial charge on any atom is 0.326 e. The van der Waals surface area contributed by atoms with Crippen LogP contribution < -0.4 is 27.4 Å². The van der Waals surface area contributed by atoms with Crippen molar-refractivity contribution >= 4 is 29.6 Å². The molecule has 0 aliphatic heterocycles. The van der Waals surface area contributed by atoms with Gasteiger partial charge in [0.2, 0.25) is 23.6 Å². The molecule has 0 fully saturated rings. The predicted molar refractivity (Wildman–Crippen MR) is 119 cm³/mol. The van der Waals surface area contributed by atoms with Crippen molar-refractivity contribution in [2.75, 3.05) is 0 Å². The van der Waals surface area contributed by atoms with Crippen LogP contribution in [0, 0.1) is 17.8 Å². The third-order valence-electron chi connectivity index (χ3n) is 4.86. The van der Waals surface area contributed by atoms with Crippen molar-refractivity contribution in [3.63, 3.8) is 0 Å². The van der Waals surface area contributed by atoms with Crippen molar-refractivity contribution in [1.29, 1.82) is 0 Å². The number of aliphatic carboxylic acids is 1. The summed E-state index contributed by atoms with van der Waals surface area (Å²) in [7, 11) is 0. The van der Waals surface area contributed by atoms with Crippen molar-refractivity contribution in [3.8, 4) is 0 Å². The molecule has 4 amide bonds. The minimum atomic E-state index is -1.17. The first kappa shape index (κ1) is 29.3. The molecule has 0 saturated carbocycles. The van der Waals surface area contributed by atoms with E-state index < -0.39 is 53.8 Å². The smallest absolute Gasteiger partial charge is 0.326 e. The first-order valence-electron chi connectivity index (χ1n) is 10.8. The molecule has 0 heterocycles. The number of hydrogen-bond donors (Lipinski definition) is 6. The van der Waals surface area contributed by atoms with E-state index in [4.69, 9.17) is 11.5 Å². The highest BCUT2D eigenvalue weighted by Crippen LogP contribution is 2.10. The molecule has 0 aromatic heterocycles. The fourth-order valence-electron chi connectivity index (χ4n) is 2.96. The number of primary amides is 1. The third-order valence-corrected chi connectivity index (χ3v) is 4.86. The summed E-state index contributed by atoms with van der Waals surface area (Å²) >= 11 is 0. The molecule has 0 aliphatic rings. The molecule has 0 bridgehead atoms. The Labute approximate surface area is 189 Å². The molecule has 0 saturated heterocycles. The summed E-state index contributed by atoms with van der Waals surface area (Å²) in [6.45, 7) is 10.5. The van der Waals surface area contributed by atoms with Gasteiger partial charge >= 0.3 is 5.97 Å². The number of hydrogen-bond acceptors (Lipinski definition) is 6. The standard InChI is InChI=1S/C21H39N5O6/c1-10(2)9-14(24-18(28)13(22)7-8-15(23)27)19(29)25-16(11(3)4)20(30)26-17(12(5)6)21(31)32/h10-14,16-17H,7-9,22H2,1-6H3,(H2,23,27)(H,24,28)(H,25,29)(H,26,30)(H,31,32). The highest BCUT2D eigenvalue weighted by molar-refractivity contribution is 5.94. The quantitative estimate of drug-likeness (QED) is 0.202. The Morgan fingerprint density at radius 2 is 1.28 bits per heavy atom. The molecule has 32 heavy (non-hydrogen) atoms. The van der Waals surface area contributed by atoms with Crippen LogP contribution in [-0.4, -0.2) is 58.9 Å². The Balaban J connectivity index is 5.39. The van der Waals surface area contributed by atoms with Crippen molar-refractivity contribution < 1.29 is 29.1 Å². The number of carboxylic acid groups (broad SMARTS) is 1. The maximum atomic E-state index is 12.9. The second-order valence-electron chi connectivity index (χ2n) is 9.10. The van der Waals surface area contributed by atoms with Gasteiger partial charge in [-0.05, 0) is 30.6 Å². The van der Waals surface area contributed by atoms with Crippen LogP contribution >= 0.6 is 0 Å². The van der Waals surface area contributed by atoms with E-state index in [-0.39, 0.29) is 37.0 Å². The maximum absolute atomic E-state index is 12.9. The van der Waals surface area contributed by atoms with Crippen LogP contribution in [0.15, 0.2) is 0 Å². The van der Waals surface area contributed by atoms with Gasteiger partial charge in [-0.15, -0.1) is 0 Å². The van der Waals surface area contributed by atoms with Crippen LogP contribution in [0.2, 0.25) is 0 Å². The monoisotopic (exact) mass is 457 g/mol. The number of nitrogens with two attached hydrogens (primary N) is 2. The Morgan fingerprint density at radius 3 is 1.69 bits per heavy atom. The molecule has 0 aromatic rings. The highest BCUT2D eigenvalue weighted by Gasteiger charge is 2.33. The zero-order valence-electron chi connectivity index (χ0n) is 19.8. The first-order valence-corrected chi connectivity index (χ1v) is 10.8. The summed E-state index contributed by atoms with van der Waals surface area (Å²) in [6.07, 6.45) is 0.266. The van der Waals surface area contributed by atoms with E-state index in [1.807, 2.05) is 13.8 Å². The van der Waals surface area contributed by atoms with Crippen LogP contribution in [0.5, 0.6) is 0 Å². The Hall–Kier alpha value is -2.69. The largest absolute Gasteiger partial charge is 0.480 e. The molecule has 4 unspecified atom stereocenters. The van der Waals surface area contributed by atoms with Crippen LogP contribution in [-0.2, 0) is 24.0 Å². The molecule has 0 aromatic carbocycles. The molecule has 184 valence electrons. The van der Waals surface area contributed by atoms with E-state index >= 15 is 0 Å². The average Bonchev–Trinajstić information content (AvgIpc) is 2.65. The lowest BCUT2D eigenvalue weighted by atomic mass is 9.98. The first-order chi connectivity index (χ1) is 14.7. The van der Waals surface area contributed by atoms with Crippen LogP contribution in [0.1, 0.15) is 60.8 Å². The lowest BCUT2D eigenvalue weighted by molar-refractivity contribution is -0.144. The second-order valence-corrected chi connectivity index (χ2v) is 9.10. The number of nitrogens with one attached hydrogen (secondary N) is 3. The fraction of sp³-hybridized carbons (Fsp3) is 0.762. The van der Waals surface area contributed by atoms with Crippen LogP contribution in [0.4, 0.5) is 0 Å². The molecule has 0 radical (unpaired) electrons. The van der Waals surface area contributed by atoms with Gasteiger partial charge in [-0.1, -0.05) is 41.5 Å². The van der Waals surface area contributed by atoms with E-state index in [0.717, 1.165) is 0 Å². The van der Waals surface area contributed by atoms with Gasteiger partial charge in [0.05, 0.1) is 6.04 Å². The SMILES string of the molecule is CC(C)CC(NC(=O)C(N)CCC(N)=O)C(=O)NC(C(=O)NC(C(=O)O)C(C)C)C(C)C. The summed E-state index contributed by atoms with van der Waals surface area (Å²) in [4.78, 5) is 60.4. The lowest BCUT2D eigenvalue weighted by Crippen LogP contribution is -2.59. The Morgan fingerprint density at radius 1 is 0.781 bits per heavy atom. The van der Waals surface area contributed by atoms with Crippen LogP contribution in [0.25, 0.3) is 0 Å². The molecular weight excluding hydrogens is 418 g/mol. The van der Waals surface area contributed by atoms with Crippen molar-refractivity contribution in [2.45, 2.75) is 85.0 Å². The molecule has 0 rings (SSSR count). The van der Waals surface area contributed by atoms with Gasteiger partial charge in [-0.25, -0.2) is 4.79 Å². The molecule has 0 aliphatic carbocycles. The van der Waals surface area contributed by atoms with E-state index in [1.165, 1.54) is 0 Å². The number of carbonyl (C=O) groups excluding carboxylic acids is 4. The molecule has 0 spiro atoms. The third kappa shape index (κ3) is 10.6. The molecule has 8 N–H and O–H groups in total. The summed E-state index contributed by atoms with van der Waals surface area (Å²) in [5.74, 6) is -4.22. The van der Waals surface area contributed by atoms with Gasteiger partial charge in [0.1, 0.15) is 18.1 Å². The van der Waals surface area contributed by atoms with Crippen LogP contribution in [0.3, 0.4) is 0 Å². The lowest BCUT2D eigenvalue weighted by Gasteiger charge is -2.28. The Bertz CT molecular complexity index is 680. The number of rotatable bonds is 14. The van der Waals surface area contributed by atoms with E-state index in [2.05, 4.69) is 16.0 Å². The topological polar surface area (TPSA) is 194 Å². The summed E-state index contributed by atoms with van der Waals surface area (Å²) in [6, 6.07) is -4.08. The van der Waals surface area contributed by atoms with Crippen molar-refractivity contribution in [3.05, 3.63) is 0 Å².